The molecule has 0 aliphatic rings. The molecule has 0 aliphatic heterocycles. The van der Waals surface area contributed by atoms with Gasteiger partial charge in [0.05, 0.1) is 7.11 Å². The smallest absolute Gasteiger partial charge is 0.188 e. The van der Waals surface area contributed by atoms with Crippen LogP contribution < -0.4 is 4.74 Å². The average molecular weight is 226 g/mol. The maximum atomic E-state index is 12.0. The summed E-state index contributed by atoms with van der Waals surface area (Å²) in [5.74, 6) is 0.753. The zero-order valence-electron chi connectivity index (χ0n) is 9.99. The van der Waals surface area contributed by atoms with Gasteiger partial charge in [-0.05, 0) is 30.0 Å². The van der Waals surface area contributed by atoms with E-state index in [4.69, 9.17) is 4.74 Å². The van der Waals surface area contributed by atoms with Crippen molar-refractivity contribution < 1.29 is 9.53 Å². The number of benzene rings is 2. The van der Waals surface area contributed by atoms with E-state index in [1.165, 1.54) is 0 Å². The zero-order valence-corrected chi connectivity index (χ0v) is 9.99. The number of allylic oxidation sites excluding steroid dienone is 1. The summed E-state index contributed by atoms with van der Waals surface area (Å²) in [6.07, 6.45) is 0. The molecule has 0 atom stereocenters. The second-order valence-corrected chi connectivity index (χ2v) is 3.97. The van der Waals surface area contributed by atoms with E-state index < -0.39 is 0 Å². The van der Waals surface area contributed by atoms with Crippen LogP contribution in [0, 0.1) is 0 Å². The lowest BCUT2D eigenvalue weighted by Crippen LogP contribution is -2.01. The fourth-order valence-electron chi connectivity index (χ4n) is 1.88. The van der Waals surface area contributed by atoms with Gasteiger partial charge >= 0.3 is 0 Å². The zero-order chi connectivity index (χ0) is 12.4. The summed E-state index contributed by atoms with van der Waals surface area (Å²) in [4.78, 5) is 12.0. The van der Waals surface area contributed by atoms with E-state index in [-0.39, 0.29) is 5.78 Å². The molecule has 2 aromatic carbocycles. The molecule has 0 radical (unpaired) electrons. The third kappa shape index (κ3) is 1.94. The first-order valence-corrected chi connectivity index (χ1v) is 5.41. The Morgan fingerprint density at radius 1 is 1.12 bits per heavy atom. The predicted octanol–water partition coefficient (Wildman–Crippen LogP) is 3.61. The predicted molar refractivity (Wildman–Crippen MR) is 69.6 cm³/mol. The van der Waals surface area contributed by atoms with E-state index >= 15 is 0 Å². The van der Waals surface area contributed by atoms with Crippen molar-refractivity contribution in [3.63, 3.8) is 0 Å². The number of carbonyl (C=O) groups is 1. The minimum Gasteiger partial charge on any atom is -0.496 e. The molecule has 0 unspecified atom stereocenters. The lowest BCUT2D eigenvalue weighted by atomic mass is 9.98. The maximum absolute atomic E-state index is 12.0. The number of methoxy groups -OCH3 is 1. The van der Waals surface area contributed by atoms with Crippen molar-refractivity contribution in [3.8, 4) is 5.75 Å². The van der Waals surface area contributed by atoms with Crippen molar-refractivity contribution in [1.29, 1.82) is 0 Å². The van der Waals surface area contributed by atoms with Gasteiger partial charge in [-0.15, -0.1) is 0 Å². The van der Waals surface area contributed by atoms with Gasteiger partial charge < -0.3 is 4.74 Å². The Labute approximate surface area is 101 Å². The molecule has 17 heavy (non-hydrogen) atoms. The van der Waals surface area contributed by atoms with Crippen molar-refractivity contribution in [2.24, 2.45) is 0 Å². The highest BCUT2D eigenvalue weighted by Crippen LogP contribution is 2.29. The molecule has 86 valence electrons. The standard InChI is InChI=1S/C15H14O2/c1-10(2)15(16)13-8-9-14(17-3)12-7-5-4-6-11(12)13/h4-9H,1H2,2-3H3. The third-order valence-corrected chi connectivity index (χ3v) is 2.74. The van der Waals surface area contributed by atoms with E-state index in [0.717, 1.165) is 16.5 Å². The summed E-state index contributed by atoms with van der Waals surface area (Å²) in [6, 6.07) is 11.3. The molecule has 2 rings (SSSR count). The molecule has 0 saturated heterocycles. The van der Waals surface area contributed by atoms with E-state index in [0.29, 0.717) is 11.1 Å². The van der Waals surface area contributed by atoms with Crippen LogP contribution in [0.3, 0.4) is 0 Å². The molecule has 0 heterocycles. The molecule has 2 aromatic rings. The second-order valence-electron chi connectivity index (χ2n) is 3.97. The topological polar surface area (TPSA) is 26.3 Å². The molecule has 0 aromatic heterocycles. The normalized spacial score (nSPS) is 10.2. The van der Waals surface area contributed by atoms with Crippen LogP contribution in [0.1, 0.15) is 17.3 Å². The van der Waals surface area contributed by atoms with Crippen LogP contribution in [0.5, 0.6) is 5.75 Å². The molecule has 0 bridgehead atoms. The Morgan fingerprint density at radius 3 is 2.35 bits per heavy atom. The van der Waals surface area contributed by atoms with Crippen molar-refractivity contribution in [2.75, 3.05) is 7.11 Å². The van der Waals surface area contributed by atoms with Gasteiger partial charge in [0.1, 0.15) is 5.75 Å². The second kappa shape index (κ2) is 4.42. The Hall–Kier alpha value is -2.09. The van der Waals surface area contributed by atoms with Crippen molar-refractivity contribution in [3.05, 3.63) is 54.1 Å². The highest BCUT2D eigenvalue weighted by molar-refractivity contribution is 6.16. The van der Waals surface area contributed by atoms with Crippen molar-refractivity contribution in [1.82, 2.24) is 0 Å². The lowest BCUT2D eigenvalue weighted by Gasteiger charge is -2.09. The molecule has 0 fully saturated rings. The number of ketones is 1. The fraction of sp³-hybridized carbons (Fsp3) is 0.133. The summed E-state index contributed by atoms with van der Waals surface area (Å²) in [5, 5.41) is 1.85. The van der Waals surface area contributed by atoms with Gasteiger partial charge in [-0.1, -0.05) is 30.8 Å². The van der Waals surface area contributed by atoms with Gasteiger partial charge in [-0.25, -0.2) is 0 Å². The highest BCUT2D eigenvalue weighted by Gasteiger charge is 2.12. The van der Waals surface area contributed by atoms with Crippen molar-refractivity contribution in [2.45, 2.75) is 6.92 Å². The number of hydrogen-bond donors (Lipinski definition) is 0. The summed E-state index contributed by atoms with van der Waals surface area (Å²) >= 11 is 0. The van der Waals surface area contributed by atoms with Crippen LogP contribution in [-0.2, 0) is 0 Å². The molecule has 0 aliphatic carbocycles. The Morgan fingerprint density at radius 2 is 1.76 bits per heavy atom. The third-order valence-electron chi connectivity index (χ3n) is 2.74. The van der Waals surface area contributed by atoms with Crippen LogP contribution in [0.4, 0.5) is 0 Å². The molecule has 0 spiro atoms. The summed E-state index contributed by atoms with van der Waals surface area (Å²) in [7, 11) is 1.63. The molecule has 2 nitrogen and oxygen atoms in total. The summed E-state index contributed by atoms with van der Waals surface area (Å²) in [5.41, 5.74) is 1.22. The van der Waals surface area contributed by atoms with Crippen molar-refractivity contribution >= 4 is 16.6 Å². The molecular formula is C15H14O2. The number of rotatable bonds is 3. The molecular weight excluding hydrogens is 212 g/mol. The van der Waals surface area contributed by atoms with Gasteiger partial charge in [0, 0.05) is 10.9 Å². The Balaban J connectivity index is 2.75. The molecule has 2 heteroatoms. The first-order valence-electron chi connectivity index (χ1n) is 5.41. The van der Waals surface area contributed by atoms with Gasteiger partial charge in [0.15, 0.2) is 5.78 Å². The first-order chi connectivity index (χ1) is 8.15. The quantitative estimate of drug-likeness (QED) is 0.590. The monoisotopic (exact) mass is 226 g/mol. The van der Waals surface area contributed by atoms with E-state index in [2.05, 4.69) is 6.58 Å². The van der Waals surface area contributed by atoms with Crippen LogP contribution in [0.15, 0.2) is 48.6 Å². The summed E-state index contributed by atoms with van der Waals surface area (Å²) in [6.45, 7) is 5.42. The lowest BCUT2D eigenvalue weighted by molar-refractivity contribution is 0.103. The van der Waals surface area contributed by atoms with Gasteiger partial charge in [0.25, 0.3) is 0 Å². The Kier molecular flexibility index (Phi) is 2.96. The number of ether oxygens (including phenoxy) is 1. The maximum Gasteiger partial charge on any atom is 0.188 e. The molecule has 0 N–H and O–H groups in total. The van der Waals surface area contributed by atoms with Gasteiger partial charge in [0.2, 0.25) is 0 Å². The van der Waals surface area contributed by atoms with Crippen LogP contribution in [0.25, 0.3) is 10.8 Å². The van der Waals surface area contributed by atoms with Gasteiger partial charge in [-0.2, -0.15) is 0 Å². The fourth-order valence-corrected chi connectivity index (χ4v) is 1.88. The molecule has 0 saturated carbocycles. The Bertz CT molecular complexity index is 597. The number of carbonyl (C=O) groups excluding carboxylic acids is 1. The van der Waals surface area contributed by atoms with E-state index in [9.17, 15) is 4.79 Å². The van der Waals surface area contributed by atoms with Crippen LogP contribution >= 0.6 is 0 Å². The van der Waals surface area contributed by atoms with Crippen LogP contribution in [0.2, 0.25) is 0 Å². The van der Waals surface area contributed by atoms with E-state index in [1.807, 2.05) is 30.3 Å². The highest BCUT2D eigenvalue weighted by atomic mass is 16.5. The SMILES string of the molecule is C=C(C)C(=O)c1ccc(OC)c2ccccc12. The number of hydrogen-bond acceptors (Lipinski definition) is 2. The first kappa shape index (κ1) is 11.4. The van der Waals surface area contributed by atoms with Gasteiger partial charge in [-0.3, -0.25) is 4.79 Å². The molecule has 0 amide bonds. The largest absolute Gasteiger partial charge is 0.496 e. The minimum absolute atomic E-state index is 0.0242. The van der Waals surface area contributed by atoms with E-state index in [1.54, 1.807) is 20.1 Å². The minimum atomic E-state index is -0.0242. The van der Waals surface area contributed by atoms with Crippen LogP contribution in [-0.4, -0.2) is 12.9 Å². The number of Topliss-reactive ketones (excluding diaryl/α,β-unsaturated/α-hetero) is 1. The average Bonchev–Trinajstić information content (AvgIpc) is 2.36. The number of fused-ring (bicyclic) bond motifs is 1. The summed E-state index contributed by atoms with van der Waals surface area (Å²) < 4.78 is 5.29.